The number of carbonyl (C=O) groups is 1. The number of fused-ring (bicyclic) bond motifs is 2. The van der Waals surface area contributed by atoms with Crippen LogP contribution in [-0.4, -0.2) is 11.9 Å². The monoisotopic (exact) mass is 260 g/mol. The Morgan fingerprint density at radius 1 is 1.47 bits per heavy atom. The molecule has 0 spiro atoms. The zero-order valence-electron chi connectivity index (χ0n) is 11.2. The number of nitrogens with zero attached hydrogens (tertiary/aromatic N) is 1. The number of nitrogens with one attached hydrogen (secondary N) is 1. The van der Waals surface area contributed by atoms with Crippen molar-refractivity contribution in [3.63, 3.8) is 0 Å². The molecule has 4 unspecified atom stereocenters. The number of rotatable bonds is 3. The van der Waals surface area contributed by atoms with Gasteiger partial charge in [0.05, 0.1) is 0 Å². The maximum Gasteiger partial charge on any atom is 0.257 e. The highest BCUT2D eigenvalue weighted by molar-refractivity contribution is 5.93. The highest BCUT2D eigenvalue weighted by Crippen LogP contribution is 2.49. The summed E-state index contributed by atoms with van der Waals surface area (Å²) in [5.74, 6) is 2.15. The Morgan fingerprint density at radius 3 is 2.95 bits per heavy atom. The van der Waals surface area contributed by atoms with E-state index in [1.54, 1.807) is 12.1 Å². The summed E-state index contributed by atoms with van der Waals surface area (Å²) in [5, 5.41) is 14.2. The summed E-state index contributed by atoms with van der Waals surface area (Å²) in [5.41, 5.74) is 0.438. The van der Waals surface area contributed by atoms with Gasteiger partial charge in [0.2, 0.25) is 0 Å². The van der Waals surface area contributed by atoms with E-state index in [0.717, 1.165) is 11.8 Å². The molecule has 0 aromatic carbocycles. The molecule has 1 aromatic rings. The van der Waals surface area contributed by atoms with E-state index in [1.165, 1.54) is 38.1 Å². The molecule has 2 aliphatic carbocycles. The highest BCUT2D eigenvalue weighted by Gasteiger charge is 2.42. The van der Waals surface area contributed by atoms with E-state index in [9.17, 15) is 10.0 Å². The van der Waals surface area contributed by atoms with E-state index < -0.39 is 0 Å². The summed E-state index contributed by atoms with van der Waals surface area (Å²) in [6.45, 7) is 2.09. The minimum absolute atomic E-state index is 0.138. The molecular weight excluding hydrogens is 240 g/mol. The summed E-state index contributed by atoms with van der Waals surface area (Å²) in [4.78, 5) is 12.1. The molecule has 0 aliphatic heterocycles. The minimum Gasteiger partial charge on any atom is -0.619 e. The average Bonchev–Trinajstić information content (AvgIpc) is 3.00. The Morgan fingerprint density at radius 2 is 2.32 bits per heavy atom. The molecule has 4 heteroatoms. The second-order valence-corrected chi connectivity index (χ2v) is 6.05. The van der Waals surface area contributed by atoms with Gasteiger partial charge in [0.1, 0.15) is 5.56 Å². The van der Waals surface area contributed by atoms with Gasteiger partial charge in [-0.1, -0.05) is 6.42 Å². The van der Waals surface area contributed by atoms with E-state index in [2.05, 4.69) is 12.2 Å². The SMILES string of the molecule is CC(NC(=O)c1ccc[n+]([O-])c1)C1CC2CCC1C2. The summed E-state index contributed by atoms with van der Waals surface area (Å²) >= 11 is 0. The van der Waals surface area contributed by atoms with Crippen LogP contribution < -0.4 is 10.0 Å². The lowest BCUT2D eigenvalue weighted by Gasteiger charge is -2.28. The molecule has 1 amide bonds. The molecule has 2 bridgehead atoms. The molecule has 2 aliphatic rings. The number of pyridine rings is 1. The molecule has 1 heterocycles. The molecule has 102 valence electrons. The van der Waals surface area contributed by atoms with E-state index in [0.29, 0.717) is 16.2 Å². The smallest absolute Gasteiger partial charge is 0.257 e. The van der Waals surface area contributed by atoms with Crippen molar-refractivity contribution >= 4 is 5.91 Å². The minimum atomic E-state index is -0.138. The van der Waals surface area contributed by atoms with Gasteiger partial charge in [0.25, 0.3) is 5.91 Å². The van der Waals surface area contributed by atoms with Crippen molar-refractivity contribution in [3.8, 4) is 0 Å². The van der Waals surface area contributed by atoms with Crippen LogP contribution in [0.2, 0.25) is 0 Å². The predicted octanol–water partition coefficient (Wildman–Crippen LogP) is 1.87. The summed E-state index contributed by atoms with van der Waals surface area (Å²) < 4.78 is 0.664. The first-order chi connectivity index (χ1) is 9.13. The molecule has 4 nitrogen and oxygen atoms in total. The molecule has 3 rings (SSSR count). The van der Waals surface area contributed by atoms with Crippen molar-refractivity contribution in [1.29, 1.82) is 0 Å². The Balaban J connectivity index is 1.63. The van der Waals surface area contributed by atoms with Gasteiger partial charge in [-0.2, -0.15) is 4.73 Å². The van der Waals surface area contributed by atoms with Crippen molar-refractivity contribution < 1.29 is 9.52 Å². The van der Waals surface area contributed by atoms with Crippen LogP contribution in [-0.2, 0) is 0 Å². The first-order valence-corrected chi connectivity index (χ1v) is 7.13. The number of hydrogen-bond donors (Lipinski definition) is 1. The van der Waals surface area contributed by atoms with Gasteiger partial charge in [-0.05, 0) is 50.0 Å². The molecule has 4 atom stereocenters. The highest BCUT2D eigenvalue weighted by atomic mass is 16.5. The van der Waals surface area contributed by atoms with Gasteiger partial charge in [-0.3, -0.25) is 4.79 Å². The third-order valence-electron chi connectivity index (χ3n) is 4.83. The van der Waals surface area contributed by atoms with Crippen molar-refractivity contribution in [1.82, 2.24) is 5.32 Å². The van der Waals surface area contributed by atoms with Gasteiger partial charge in [0.15, 0.2) is 12.4 Å². The first-order valence-electron chi connectivity index (χ1n) is 7.13. The fourth-order valence-corrected chi connectivity index (χ4v) is 3.89. The Bertz CT molecular complexity index is 489. The van der Waals surface area contributed by atoms with E-state index in [1.807, 2.05) is 0 Å². The normalized spacial score (nSPS) is 30.3. The van der Waals surface area contributed by atoms with Gasteiger partial charge in [-0.15, -0.1) is 0 Å². The van der Waals surface area contributed by atoms with Crippen LogP contribution in [0.4, 0.5) is 0 Å². The topological polar surface area (TPSA) is 56.0 Å². The summed E-state index contributed by atoms with van der Waals surface area (Å²) in [6.07, 6.45) is 8.00. The van der Waals surface area contributed by atoms with Crippen molar-refractivity contribution in [3.05, 3.63) is 35.3 Å². The van der Waals surface area contributed by atoms with Crippen molar-refractivity contribution in [2.75, 3.05) is 0 Å². The fourth-order valence-electron chi connectivity index (χ4n) is 3.89. The standard InChI is InChI=1S/C15H20N2O2/c1-10(14-8-11-4-5-12(14)7-11)16-15(18)13-3-2-6-17(19)9-13/h2-3,6,9-12,14H,4-5,7-8H2,1H3,(H,16,18). The van der Waals surface area contributed by atoms with Crippen LogP contribution in [0.25, 0.3) is 0 Å². The zero-order chi connectivity index (χ0) is 13.4. The lowest BCUT2D eigenvalue weighted by Crippen LogP contribution is -2.41. The van der Waals surface area contributed by atoms with Crippen LogP contribution >= 0.6 is 0 Å². The van der Waals surface area contributed by atoms with Crippen LogP contribution in [0, 0.1) is 23.0 Å². The number of aromatic nitrogens is 1. The second kappa shape index (κ2) is 4.83. The lowest BCUT2D eigenvalue weighted by molar-refractivity contribution is -0.605. The first kappa shape index (κ1) is 12.5. The van der Waals surface area contributed by atoms with Crippen molar-refractivity contribution in [2.45, 2.75) is 38.6 Å². The Labute approximate surface area is 113 Å². The average molecular weight is 260 g/mol. The Hall–Kier alpha value is -1.58. The summed E-state index contributed by atoms with van der Waals surface area (Å²) in [7, 11) is 0. The second-order valence-electron chi connectivity index (χ2n) is 6.05. The maximum absolute atomic E-state index is 12.1. The van der Waals surface area contributed by atoms with Crippen LogP contribution in [0.3, 0.4) is 0 Å². The van der Waals surface area contributed by atoms with Gasteiger partial charge < -0.3 is 10.5 Å². The van der Waals surface area contributed by atoms with Gasteiger partial charge in [0, 0.05) is 12.1 Å². The van der Waals surface area contributed by atoms with E-state index in [4.69, 9.17) is 0 Å². The number of amides is 1. The van der Waals surface area contributed by atoms with Gasteiger partial charge in [-0.25, -0.2) is 0 Å². The molecule has 1 aromatic heterocycles. The van der Waals surface area contributed by atoms with E-state index in [-0.39, 0.29) is 11.9 Å². The third-order valence-corrected chi connectivity index (χ3v) is 4.83. The van der Waals surface area contributed by atoms with Gasteiger partial charge >= 0.3 is 0 Å². The molecule has 0 radical (unpaired) electrons. The third kappa shape index (κ3) is 2.44. The largest absolute Gasteiger partial charge is 0.619 e. The number of hydrogen-bond acceptors (Lipinski definition) is 2. The zero-order valence-corrected chi connectivity index (χ0v) is 11.2. The molecule has 1 N–H and O–H groups in total. The molecule has 2 fully saturated rings. The molecule has 2 saturated carbocycles. The lowest BCUT2D eigenvalue weighted by atomic mass is 9.84. The summed E-state index contributed by atoms with van der Waals surface area (Å²) in [6, 6.07) is 3.48. The van der Waals surface area contributed by atoms with Crippen LogP contribution in [0.15, 0.2) is 24.5 Å². The fraction of sp³-hybridized carbons (Fsp3) is 0.600. The molecule has 0 saturated heterocycles. The Kier molecular flexibility index (Phi) is 3.17. The molecule has 19 heavy (non-hydrogen) atoms. The predicted molar refractivity (Wildman–Crippen MR) is 71.3 cm³/mol. The van der Waals surface area contributed by atoms with Crippen LogP contribution in [0.1, 0.15) is 43.0 Å². The van der Waals surface area contributed by atoms with Crippen LogP contribution in [0.5, 0.6) is 0 Å². The maximum atomic E-state index is 12.1. The van der Waals surface area contributed by atoms with Crippen molar-refractivity contribution in [2.24, 2.45) is 17.8 Å². The number of carbonyl (C=O) groups excluding carboxylic acids is 1. The van der Waals surface area contributed by atoms with E-state index >= 15 is 0 Å². The molecular formula is C15H20N2O2. The quantitative estimate of drug-likeness (QED) is 0.666.